The van der Waals surface area contributed by atoms with Gasteiger partial charge in [-0.25, -0.2) is 19.6 Å². The number of carbonyl (C=O) groups is 3. The molecular weight excluding hydrogens is 767 g/mol. The summed E-state index contributed by atoms with van der Waals surface area (Å²) < 4.78 is 40.0. The monoisotopic (exact) mass is 820 g/mol. The first-order chi connectivity index (χ1) is 28.3. The van der Waals surface area contributed by atoms with Crippen molar-refractivity contribution >= 4 is 18.1 Å². The molecule has 2 saturated heterocycles. The standard InChI is InChI=1S/C42H54F2N8O7/c1-23(2)34(49-41(55)57-5)38(53)51-17-7-8-32(51)36-45-19-30(47-36)28-13-9-26(10-14-28)27-11-15-29(16-12-27)31-20-46-37(48-31)33-18-25(22-59-40(43)44)21-52(33)39(54)35(24(3)4)50-42(56)58-6/h9-16,19-20,23-25,32-35,38,40,53H,7-8,17-18,21-22H2,1-6H3,(H,45,47)(H,46,48)(H,49,55)(H,50,56)/t25-,32-,33-,34-,35-,38?/m0/s1. The average Bonchev–Trinajstić information content (AvgIpc) is 4.07. The largest absolute Gasteiger partial charge is 0.453 e. The molecule has 2 aliphatic rings. The molecule has 0 aliphatic carbocycles. The number of carbonyl (C=O) groups excluding carboxylic acids is 3. The van der Waals surface area contributed by atoms with Gasteiger partial charge in [0.25, 0.3) is 0 Å². The first kappa shape index (κ1) is 43.2. The van der Waals surface area contributed by atoms with Crippen molar-refractivity contribution in [3.05, 3.63) is 72.6 Å². The van der Waals surface area contributed by atoms with Crippen LogP contribution in [0.3, 0.4) is 0 Å². The highest BCUT2D eigenvalue weighted by Gasteiger charge is 2.42. The first-order valence-electron chi connectivity index (χ1n) is 19.9. The van der Waals surface area contributed by atoms with Gasteiger partial charge < -0.3 is 44.8 Å². The van der Waals surface area contributed by atoms with E-state index >= 15 is 0 Å². The molecule has 5 N–H and O–H groups in total. The summed E-state index contributed by atoms with van der Waals surface area (Å²) in [6, 6.07) is 14.0. The molecule has 0 spiro atoms. The molecule has 2 fully saturated rings. The molecule has 17 heteroatoms. The second-order valence-corrected chi connectivity index (χ2v) is 15.8. The van der Waals surface area contributed by atoms with E-state index in [1.165, 1.54) is 14.2 Å². The Morgan fingerprint density at radius 1 is 0.814 bits per heavy atom. The fourth-order valence-electron chi connectivity index (χ4n) is 8.01. The van der Waals surface area contributed by atoms with Crippen LogP contribution in [0.4, 0.5) is 18.4 Å². The summed E-state index contributed by atoms with van der Waals surface area (Å²) in [6.45, 7) is 5.16. The Labute approximate surface area is 342 Å². The van der Waals surface area contributed by atoms with E-state index in [0.717, 1.165) is 52.3 Å². The normalized spacial score (nSPS) is 19.9. The van der Waals surface area contributed by atoms with Crippen molar-refractivity contribution in [1.82, 2.24) is 40.4 Å². The van der Waals surface area contributed by atoms with Crippen molar-refractivity contribution in [3.63, 3.8) is 0 Å². The zero-order chi connectivity index (χ0) is 42.4. The number of alkyl halides is 2. The van der Waals surface area contributed by atoms with Crippen LogP contribution in [-0.2, 0) is 19.0 Å². The van der Waals surface area contributed by atoms with Crippen molar-refractivity contribution in [2.75, 3.05) is 33.9 Å². The Morgan fingerprint density at radius 3 is 1.85 bits per heavy atom. The number of aromatic nitrogens is 4. The second kappa shape index (κ2) is 19.1. The number of alkyl carbamates (subject to hydrolysis) is 2. The molecule has 4 aromatic rings. The van der Waals surface area contributed by atoms with Crippen LogP contribution in [0.1, 0.15) is 70.7 Å². The van der Waals surface area contributed by atoms with Gasteiger partial charge in [-0.1, -0.05) is 76.2 Å². The lowest BCUT2D eigenvalue weighted by atomic mass is 10.0. The van der Waals surface area contributed by atoms with Gasteiger partial charge >= 0.3 is 18.8 Å². The molecule has 0 radical (unpaired) electrons. The fourth-order valence-corrected chi connectivity index (χ4v) is 8.01. The quantitative estimate of drug-likeness (QED) is 0.0889. The Bertz CT molecular complexity index is 2020. The van der Waals surface area contributed by atoms with Gasteiger partial charge in [0.05, 0.1) is 62.7 Å². The number of H-pyrrole nitrogens is 2. The van der Waals surface area contributed by atoms with E-state index in [2.05, 4.69) is 30.3 Å². The smallest absolute Gasteiger partial charge is 0.407 e. The molecule has 0 bridgehead atoms. The molecule has 2 aromatic heterocycles. The maximum atomic E-state index is 13.8. The number of hydrogen-bond donors (Lipinski definition) is 5. The number of amides is 3. The van der Waals surface area contributed by atoms with Crippen molar-refractivity contribution < 1.29 is 42.5 Å². The van der Waals surface area contributed by atoms with E-state index in [9.17, 15) is 28.3 Å². The maximum Gasteiger partial charge on any atom is 0.407 e. The minimum atomic E-state index is -2.93. The van der Waals surface area contributed by atoms with E-state index in [4.69, 9.17) is 14.5 Å². The predicted octanol–water partition coefficient (Wildman–Crippen LogP) is 6.48. The summed E-state index contributed by atoms with van der Waals surface area (Å²) in [4.78, 5) is 57.5. The summed E-state index contributed by atoms with van der Waals surface area (Å²) in [5.41, 5.74) is 5.38. The second-order valence-electron chi connectivity index (χ2n) is 15.8. The number of halogens is 2. The molecule has 0 saturated carbocycles. The van der Waals surface area contributed by atoms with E-state index in [0.29, 0.717) is 18.8 Å². The van der Waals surface area contributed by atoms with E-state index in [1.54, 1.807) is 31.1 Å². The number of likely N-dealkylation sites (tertiary alicyclic amines) is 2. The molecule has 1 unspecified atom stereocenters. The lowest BCUT2D eigenvalue weighted by Gasteiger charge is -2.35. The number of ether oxygens (including phenoxy) is 3. The van der Waals surface area contributed by atoms with Crippen LogP contribution >= 0.6 is 0 Å². The van der Waals surface area contributed by atoms with Crippen LogP contribution in [0, 0.1) is 17.8 Å². The van der Waals surface area contributed by atoms with Gasteiger partial charge in [0.1, 0.15) is 23.9 Å². The SMILES string of the molecule is COC(=O)N[C@@H](C(C)C)C(O)N1CCC[C@H]1c1ncc(-c2ccc(-c3ccc(-c4cnc([C@@H]5C[C@H](COC(F)F)CN5C(=O)[C@@H](NC(=O)OC)C(C)C)[nH]4)cc3)cc2)[nH]1. The highest BCUT2D eigenvalue weighted by Crippen LogP contribution is 2.38. The van der Waals surface area contributed by atoms with Crippen molar-refractivity contribution in [1.29, 1.82) is 0 Å². The number of aromatic amines is 2. The lowest BCUT2D eigenvalue weighted by molar-refractivity contribution is -0.139. The number of methoxy groups -OCH3 is 2. The zero-order valence-corrected chi connectivity index (χ0v) is 34.2. The summed E-state index contributed by atoms with van der Waals surface area (Å²) in [6.07, 6.45) is 3.29. The fraction of sp³-hybridized carbons (Fsp3) is 0.500. The Balaban J connectivity index is 1.13. The Kier molecular flexibility index (Phi) is 14.0. The molecule has 2 aromatic carbocycles. The van der Waals surface area contributed by atoms with Gasteiger partial charge in [0, 0.05) is 19.0 Å². The number of nitrogens with zero attached hydrogens (tertiary/aromatic N) is 4. The summed E-state index contributed by atoms with van der Waals surface area (Å²) >= 11 is 0. The van der Waals surface area contributed by atoms with Gasteiger partial charge in [-0.3, -0.25) is 9.69 Å². The van der Waals surface area contributed by atoms with E-state index < -0.39 is 43.2 Å². The minimum Gasteiger partial charge on any atom is -0.453 e. The van der Waals surface area contributed by atoms with Crippen LogP contribution in [0.15, 0.2) is 60.9 Å². The van der Waals surface area contributed by atoms with Crippen LogP contribution in [-0.4, -0.2) is 112 Å². The van der Waals surface area contributed by atoms with Crippen molar-refractivity contribution in [3.8, 4) is 33.6 Å². The van der Waals surface area contributed by atoms with Crippen LogP contribution in [0.5, 0.6) is 0 Å². The number of rotatable bonds is 15. The number of aliphatic hydroxyl groups excluding tert-OH is 1. The molecular formula is C42H54F2N8O7. The number of nitrogens with one attached hydrogen (secondary N) is 4. The Hall–Kier alpha value is -5.39. The molecule has 3 amide bonds. The average molecular weight is 821 g/mol. The van der Waals surface area contributed by atoms with E-state index in [-0.39, 0.29) is 42.9 Å². The number of aliphatic hydroxyl groups is 1. The Morgan fingerprint density at radius 2 is 1.34 bits per heavy atom. The van der Waals surface area contributed by atoms with Crippen LogP contribution < -0.4 is 10.6 Å². The third-order valence-corrected chi connectivity index (χ3v) is 11.2. The zero-order valence-electron chi connectivity index (χ0n) is 34.2. The number of imidazole rings is 2. The highest BCUT2D eigenvalue weighted by atomic mass is 19.3. The minimum absolute atomic E-state index is 0.0280. The molecule has 59 heavy (non-hydrogen) atoms. The summed E-state index contributed by atoms with van der Waals surface area (Å²) in [5.74, 6) is 0.231. The number of benzene rings is 2. The summed E-state index contributed by atoms with van der Waals surface area (Å²) in [7, 11) is 2.52. The first-order valence-corrected chi connectivity index (χ1v) is 19.9. The van der Waals surface area contributed by atoms with Gasteiger partial charge in [-0.2, -0.15) is 8.78 Å². The molecule has 318 valence electrons. The van der Waals surface area contributed by atoms with Gasteiger partial charge in [-0.15, -0.1) is 0 Å². The van der Waals surface area contributed by atoms with Gasteiger partial charge in [0.15, 0.2) is 0 Å². The molecule has 6 atom stereocenters. The van der Waals surface area contributed by atoms with Gasteiger partial charge in [0.2, 0.25) is 5.91 Å². The molecule has 6 rings (SSSR count). The van der Waals surface area contributed by atoms with Crippen LogP contribution in [0.25, 0.3) is 33.6 Å². The third kappa shape index (κ3) is 10.1. The molecule has 15 nitrogen and oxygen atoms in total. The topological polar surface area (TPSA) is 187 Å². The predicted molar refractivity (Wildman–Crippen MR) is 215 cm³/mol. The summed E-state index contributed by atoms with van der Waals surface area (Å²) in [5, 5.41) is 16.7. The van der Waals surface area contributed by atoms with E-state index in [1.807, 2.05) is 67.3 Å². The van der Waals surface area contributed by atoms with Crippen LogP contribution in [0.2, 0.25) is 0 Å². The molecule has 4 heterocycles. The van der Waals surface area contributed by atoms with Crippen molar-refractivity contribution in [2.45, 2.75) is 84.0 Å². The third-order valence-electron chi connectivity index (χ3n) is 11.2. The molecule has 2 aliphatic heterocycles. The van der Waals surface area contributed by atoms with Crippen molar-refractivity contribution in [2.24, 2.45) is 17.8 Å². The maximum absolute atomic E-state index is 13.8. The lowest BCUT2D eigenvalue weighted by Crippen LogP contribution is -2.54. The highest BCUT2D eigenvalue weighted by molar-refractivity contribution is 5.86. The van der Waals surface area contributed by atoms with Gasteiger partial charge in [-0.05, 0) is 53.4 Å². The number of hydrogen-bond acceptors (Lipinski definition) is 10.